The Morgan fingerprint density at radius 2 is 2.21 bits per heavy atom. The number of carbonyl (C=O) groups is 1. The van der Waals surface area contributed by atoms with E-state index in [0.717, 1.165) is 19.3 Å². The van der Waals surface area contributed by atoms with E-state index in [1.807, 2.05) is 13.8 Å². The summed E-state index contributed by atoms with van der Waals surface area (Å²) < 4.78 is 0. The molecule has 2 unspecified atom stereocenters. The molecular formula is C11H18N2O. The van der Waals surface area contributed by atoms with Crippen molar-refractivity contribution >= 4 is 5.91 Å². The van der Waals surface area contributed by atoms with E-state index >= 15 is 0 Å². The Bertz CT molecular complexity index is 265. The summed E-state index contributed by atoms with van der Waals surface area (Å²) in [6.07, 6.45) is 7.90. The summed E-state index contributed by atoms with van der Waals surface area (Å²) in [6, 6.07) is 0.180. The summed E-state index contributed by atoms with van der Waals surface area (Å²) in [6.45, 7) is 3.64. The Morgan fingerprint density at radius 1 is 1.57 bits per heavy atom. The molecule has 3 heteroatoms. The Morgan fingerprint density at radius 3 is 2.64 bits per heavy atom. The molecule has 0 aromatic heterocycles. The van der Waals surface area contributed by atoms with Crippen LogP contribution in [0.25, 0.3) is 0 Å². The summed E-state index contributed by atoms with van der Waals surface area (Å²) in [4.78, 5) is 11.7. The molecule has 0 spiro atoms. The van der Waals surface area contributed by atoms with Gasteiger partial charge in [0.2, 0.25) is 5.91 Å². The van der Waals surface area contributed by atoms with Crippen molar-refractivity contribution in [2.75, 3.05) is 0 Å². The molecule has 0 aliphatic heterocycles. The molecule has 0 saturated heterocycles. The molecule has 0 radical (unpaired) electrons. The maximum absolute atomic E-state index is 11.7. The lowest BCUT2D eigenvalue weighted by atomic mass is 10.0. The second-order valence-electron chi connectivity index (χ2n) is 4.53. The second-order valence-corrected chi connectivity index (χ2v) is 4.53. The summed E-state index contributed by atoms with van der Waals surface area (Å²) in [5.74, 6) is 2.64. The Balaban J connectivity index is 2.48. The minimum atomic E-state index is -0.552. The fraction of sp³-hybridized carbons (Fsp3) is 0.727. The van der Waals surface area contributed by atoms with Gasteiger partial charge in [0.05, 0.1) is 5.54 Å². The van der Waals surface area contributed by atoms with Gasteiger partial charge in [-0.2, -0.15) is 0 Å². The number of carbonyl (C=O) groups excluding carboxylic acids is 1. The van der Waals surface area contributed by atoms with Crippen LogP contribution in [0.3, 0.4) is 0 Å². The molecule has 1 fully saturated rings. The third-order valence-electron chi connectivity index (χ3n) is 2.64. The lowest BCUT2D eigenvalue weighted by Crippen LogP contribution is -2.44. The quantitative estimate of drug-likeness (QED) is 0.634. The molecule has 1 rings (SSSR count). The van der Waals surface area contributed by atoms with Crippen LogP contribution in [0.15, 0.2) is 0 Å². The van der Waals surface area contributed by atoms with Gasteiger partial charge in [0.15, 0.2) is 0 Å². The number of amides is 1. The van der Waals surface area contributed by atoms with Crippen LogP contribution in [0.1, 0.15) is 33.1 Å². The zero-order chi connectivity index (χ0) is 10.8. The van der Waals surface area contributed by atoms with Crippen LogP contribution in [-0.2, 0) is 4.79 Å². The molecule has 0 bridgehead atoms. The van der Waals surface area contributed by atoms with Gasteiger partial charge in [-0.3, -0.25) is 4.79 Å². The average molecular weight is 194 g/mol. The highest BCUT2D eigenvalue weighted by Gasteiger charge is 2.30. The van der Waals surface area contributed by atoms with Crippen LogP contribution in [0.5, 0.6) is 0 Å². The fourth-order valence-electron chi connectivity index (χ4n) is 1.70. The molecule has 0 aromatic carbocycles. The minimum Gasteiger partial charge on any atom is -0.340 e. The van der Waals surface area contributed by atoms with Gasteiger partial charge in [-0.1, -0.05) is 5.92 Å². The first-order valence-electron chi connectivity index (χ1n) is 5.00. The molecule has 1 amide bonds. The summed E-state index contributed by atoms with van der Waals surface area (Å²) in [5, 5.41) is 2.84. The topological polar surface area (TPSA) is 55.1 Å². The molecule has 1 aliphatic carbocycles. The highest BCUT2D eigenvalue weighted by atomic mass is 16.2. The van der Waals surface area contributed by atoms with Gasteiger partial charge in [-0.15, -0.1) is 6.42 Å². The normalized spacial score (nSPS) is 27.0. The van der Waals surface area contributed by atoms with Crippen molar-refractivity contribution in [3.63, 3.8) is 0 Å². The fourth-order valence-corrected chi connectivity index (χ4v) is 1.70. The first kappa shape index (κ1) is 11.1. The molecule has 0 heterocycles. The van der Waals surface area contributed by atoms with Crippen molar-refractivity contribution in [2.45, 2.75) is 44.7 Å². The summed E-state index contributed by atoms with van der Waals surface area (Å²) in [7, 11) is 0. The molecule has 78 valence electrons. The van der Waals surface area contributed by atoms with E-state index in [0.29, 0.717) is 0 Å². The standard InChI is InChI=1S/C11H18N2O/c1-4-11(2,3)13-10(14)8-5-6-9(12)7-8/h1,8-9H,5-7,12H2,2-3H3,(H,13,14). The van der Waals surface area contributed by atoms with Crippen molar-refractivity contribution < 1.29 is 4.79 Å². The molecule has 1 aliphatic rings. The van der Waals surface area contributed by atoms with Gasteiger partial charge < -0.3 is 11.1 Å². The number of nitrogens with one attached hydrogen (secondary N) is 1. The van der Waals surface area contributed by atoms with Gasteiger partial charge in [-0.25, -0.2) is 0 Å². The second kappa shape index (κ2) is 4.02. The van der Waals surface area contributed by atoms with Crippen LogP contribution in [0, 0.1) is 18.3 Å². The van der Waals surface area contributed by atoms with Crippen molar-refractivity contribution in [3.05, 3.63) is 0 Å². The highest BCUT2D eigenvalue weighted by Crippen LogP contribution is 2.24. The van der Waals surface area contributed by atoms with E-state index in [1.165, 1.54) is 0 Å². The molecule has 1 saturated carbocycles. The van der Waals surface area contributed by atoms with Crippen LogP contribution < -0.4 is 11.1 Å². The van der Waals surface area contributed by atoms with E-state index in [4.69, 9.17) is 12.2 Å². The molecule has 3 nitrogen and oxygen atoms in total. The van der Waals surface area contributed by atoms with E-state index in [2.05, 4.69) is 11.2 Å². The third kappa shape index (κ3) is 2.74. The van der Waals surface area contributed by atoms with Gasteiger partial charge in [0, 0.05) is 12.0 Å². The maximum atomic E-state index is 11.7. The zero-order valence-corrected chi connectivity index (χ0v) is 8.84. The van der Waals surface area contributed by atoms with Crippen LogP contribution in [0.4, 0.5) is 0 Å². The van der Waals surface area contributed by atoms with Gasteiger partial charge in [-0.05, 0) is 33.1 Å². The number of rotatable bonds is 2. The van der Waals surface area contributed by atoms with E-state index in [9.17, 15) is 4.79 Å². The monoisotopic (exact) mass is 194 g/mol. The number of nitrogens with two attached hydrogens (primary N) is 1. The molecule has 2 atom stereocenters. The molecule has 3 N–H and O–H groups in total. The summed E-state index contributed by atoms with van der Waals surface area (Å²) in [5.41, 5.74) is 5.19. The Kier molecular flexibility index (Phi) is 3.17. The largest absolute Gasteiger partial charge is 0.340 e. The first-order chi connectivity index (χ1) is 6.44. The lowest BCUT2D eigenvalue weighted by molar-refractivity contribution is -0.125. The number of terminal acetylenes is 1. The minimum absolute atomic E-state index is 0.0425. The first-order valence-corrected chi connectivity index (χ1v) is 5.00. The third-order valence-corrected chi connectivity index (χ3v) is 2.64. The predicted molar refractivity (Wildman–Crippen MR) is 56.4 cm³/mol. The Labute approximate surface area is 85.4 Å². The number of hydrogen-bond donors (Lipinski definition) is 2. The van der Waals surface area contributed by atoms with Crippen LogP contribution >= 0.6 is 0 Å². The van der Waals surface area contributed by atoms with E-state index in [-0.39, 0.29) is 17.9 Å². The predicted octanol–water partition coefficient (Wildman–Crippen LogP) is 0.642. The Hall–Kier alpha value is -1.01. The van der Waals surface area contributed by atoms with Crippen LogP contribution in [-0.4, -0.2) is 17.5 Å². The van der Waals surface area contributed by atoms with E-state index < -0.39 is 5.54 Å². The van der Waals surface area contributed by atoms with Gasteiger partial charge >= 0.3 is 0 Å². The average Bonchev–Trinajstić information content (AvgIpc) is 2.51. The molecular weight excluding hydrogens is 176 g/mol. The van der Waals surface area contributed by atoms with Crippen molar-refractivity contribution in [1.29, 1.82) is 0 Å². The van der Waals surface area contributed by atoms with Crippen molar-refractivity contribution in [2.24, 2.45) is 11.7 Å². The summed E-state index contributed by atoms with van der Waals surface area (Å²) >= 11 is 0. The van der Waals surface area contributed by atoms with Crippen molar-refractivity contribution in [3.8, 4) is 12.3 Å². The lowest BCUT2D eigenvalue weighted by Gasteiger charge is -2.22. The van der Waals surface area contributed by atoms with Gasteiger partial charge in [0.25, 0.3) is 0 Å². The maximum Gasteiger partial charge on any atom is 0.224 e. The van der Waals surface area contributed by atoms with Crippen molar-refractivity contribution in [1.82, 2.24) is 5.32 Å². The number of hydrogen-bond acceptors (Lipinski definition) is 2. The van der Waals surface area contributed by atoms with E-state index in [1.54, 1.807) is 0 Å². The molecule has 0 aromatic rings. The van der Waals surface area contributed by atoms with Gasteiger partial charge in [0.1, 0.15) is 0 Å². The highest BCUT2D eigenvalue weighted by molar-refractivity contribution is 5.80. The zero-order valence-electron chi connectivity index (χ0n) is 8.84. The molecule has 14 heavy (non-hydrogen) atoms. The smallest absolute Gasteiger partial charge is 0.224 e. The van der Waals surface area contributed by atoms with Crippen LogP contribution in [0.2, 0.25) is 0 Å². The SMILES string of the molecule is C#CC(C)(C)NC(=O)C1CCC(N)C1.